The molecule has 5 amide bonds. The number of rotatable bonds is 2. The number of hydrogen-bond donors (Lipinski definition) is 2. The monoisotopic (exact) mass is 424 g/mol. The third-order valence-corrected chi connectivity index (χ3v) is 5.90. The van der Waals surface area contributed by atoms with E-state index in [1.165, 1.54) is 21.9 Å². The number of anilines is 1. The van der Waals surface area contributed by atoms with E-state index in [2.05, 4.69) is 10.6 Å². The first-order chi connectivity index (χ1) is 14.1. The van der Waals surface area contributed by atoms with Crippen LogP contribution >= 0.6 is 0 Å². The SMILES string of the molecule is O=C1NC(=O)C2(CCN(C(=O)C3CC(=O)N(c4cccc(C(F)(F)F)c4)C3)CC2)N1. The van der Waals surface area contributed by atoms with Crippen molar-refractivity contribution in [3.8, 4) is 0 Å². The van der Waals surface area contributed by atoms with Gasteiger partial charge in [-0.15, -0.1) is 0 Å². The minimum Gasteiger partial charge on any atom is -0.342 e. The number of halogens is 3. The molecule has 0 aromatic heterocycles. The number of nitrogens with zero attached hydrogens (tertiary/aromatic N) is 2. The smallest absolute Gasteiger partial charge is 0.342 e. The van der Waals surface area contributed by atoms with Gasteiger partial charge in [-0.2, -0.15) is 13.2 Å². The average Bonchev–Trinajstić information content (AvgIpc) is 3.21. The highest BCUT2D eigenvalue weighted by molar-refractivity contribution is 6.07. The second kappa shape index (κ2) is 6.99. The number of hydrogen-bond acceptors (Lipinski definition) is 4. The van der Waals surface area contributed by atoms with Crippen LogP contribution in [0.3, 0.4) is 0 Å². The van der Waals surface area contributed by atoms with Gasteiger partial charge < -0.3 is 15.1 Å². The summed E-state index contributed by atoms with van der Waals surface area (Å²) in [6.07, 6.45) is -4.10. The Hall–Kier alpha value is -3.11. The van der Waals surface area contributed by atoms with Gasteiger partial charge in [-0.1, -0.05) is 6.07 Å². The number of benzene rings is 1. The van der Waals surface area contributed by atoms with Gasteiger partial charge in [0, 0.05) is 31.7 Å². The quantitative estimate of drug-likeness (QED) is 0.699. The maximum atomic E-state index is 13.0. The van der Waals surface area contributed by atoms with Crippen molar-refractivity contribution in [2.45, 2.75) is 31.0 Å². The molecule has 1 unspecified atom stereocenters. The zero-order valence-electron chi connectivity index (χ0n) is 15.8. The number of urea groups is 1. The highest BCUT2D eigenvalue weighted by atomic mass is 19.4. The molecule has 0 bridgehead atoms. The van der Waals surface area contributed by atoms with E-state index in [9.17, 15) is 32.3 Å². The number of carbonyl (C=O) groups excluding carboxylic acids is 4. The van der Waals surface area contributed by atoms with Gasteiger partial charge in [0.15, 0.2) is 0 Å². The van der Waals surface area contributed by atoms with Crippen molar-refractivity contribution in [1.82, 2.24) is 15.5 Å². The molecule has 1 aromatic rings. The van der Waals surface area contributed by atoms with E-state index in [4.69, 9.17) is 0 Å². The van der Waals surface area contributed by atoms with E-state index < -0.39 is 41.0 Å². The third kappa shape index (κ3) is 3.48. The van der Waals surface area contributed by atoms with Gasteiger partial charge in [0.2, 0.25) is 11.8 Å². The second-order valence-electron chi connectivity index (χ2n) is 7.77. The zero-order valence-corrected chi connectivity index (χ0v) is 15.8. The molecule has 30 heavy (non-hydrogen) atoms. The van der Waals surface area contributed by atoms with Crippen LogP contribution in [0.25, 0.3) is 0 Å². The van der Waals surface area contributed by atoms with E-state index in [0.29, 0.717) is 0 Å². The van der Waals surface area contributed by atoms with Crippen LogP contribution in [-0.4, -0.2) is 53.8 Å². The van der Waals surface area contributed by atoms with Crippen molar-refractivity contribution in [2.75, 3.05) is 24.5 Å². The molecular formula is C19H19F3N4O4. The minimum atomic E-state index is -4.53. The molecule has 1 spiro atoms. The Morgan fingerprint density at radius 3 is 2.43 bits per heavy atom. The summed E-state index contributed by atoms with van der Waals surface area (Å²) in [5, 5.41) is 4.81. The Balaban J connectivity index is 1.42. The first kappa shape index (κ1) is 20.2. The lowest BCUT2D eigenvalue weighted by Gasteiger charge is -2.37. The zero-order chi connectivity index (χ0) is 21.7. The number of alkyl halides is 3. The Kier molecular flexibility index (Phi) is 4.70. The average molecular weight is 424 g/mol. The summed E-state index contributed by atoms with van der Waals surface area (Å²) in [5.41, 5.74) is -1.77. The van der Waals surface area contributed by atoms with E-state index in [-0.39, 0.29) is 50.5 Å². The molecular weight excluding hydrogens is 405 g/mol. The van der Waals surface area contributed by atoms with Crippen molar-refractivity contribution in [3.63, 3.8) is 0 Å². The lowest BCUT2D eigenvalue weighted by molar-refractivity contribution is -0.139. The molecule has 3 saturated heterocycles. The van der Waals surface area contributed by atoms with Crippen LogP contribution < -0.4 is 15.5 Å². The largest absolute Gasteiger partial charge is 0.416 e. The van der Waals surface area contributed by atoms with Crippen molar-refractivity contribution in [2.24, 2.45) is 5.92 Å². The van der Waals surface area contributed by atoms with Crippen LogP contribution in [0.5, 0.6) is 0 Å². The fourth-order valence-electron chi connectivity index (χ4n) is 4.22. The third-order valence-electron chi connectivity index (χ3n) is 5.90. The summed E-state index contributed by atoms with van der Waals surface area (Å²) >= 11 is 0. The number of nitrogens with one attached hydrogen (secondary N) is 2. The van der Waals surface area contributed by atoms with Gasteiger partial charge in [0.05, 0.1) is 11.5 Å². The summed E-state index contributed by atoms with van der Waals surface area (Å²) < 4.78 is 38.9. The standard InChI is InChI=1S/C19H19F3N4O4/c20-19(21,22)12-2-1-3-13(9-12)26-10-11(8-14(26)27)15(28)25-6-4-18(5-7-25)16(29)23-17(30)24-18/h1-3,9,11H,4-8,10H2,(H2,23,24,29,30). The molecule has 1 aromatic carbocycles. The Morgan fingerprint density at radius 2 is 1.83 bits per heavy atom. The molecule has 160 valence electrons. The highest BCUT2D eigenvalue weighted by Gasteiger charge is 2.49. The van der Waals surface area contributed by atoms with E-state index in [1.54, 1.807) is 0 Å². The second-order valence-corrected chi connectivity index (χ2v) is 7.77. The first-order valence-corrected chi connectivity index (χ1v) is 9.49. The van der Waals surface area contributed by atoms with E-state index >= 15 is 0 Å². The summed E-state index contributed by atoms with van der Waals surface area (Å²) in [4.78, 5) is 51.4. The van der Waals surface area contributed by atoms with Gasteiger partial charge in [-0.25, -0.2) is 4.79 Å². The van der Waals surface area contributed by atoms with Crippen LogP contribution in [0.15, 0.2) is 24.3 Å². The molecule has 2 N–H and O–H groups in total. The fourth-order valence-corrected chi connectivity index (χ4v) is 4.22. The predicted octanol–water partition coefficient (Wildman–Crippen LogP) is 1.26. The van der Waals surface area contributed by atoms with Crippen LogP contribution in [-0.2, 0) is 20.6 Å². The molecule has 1 atom stereocenters. The van der Waals surface area contributed by atoms with E-state index in [1.807, 2.05) is 0 Å². The summed E-state index contributed by atoms with van der Waals surface area (Å²) in [6, 6.07) is 3.90. The normalized spacial score (nSPS) is 23.7. The maximum Gasteiger partial charge on any atom is 0.416 e. The highest BCUT2D eigenvalue weighted by Crippen LogP contribution is 2.34. The van der Waals surface area contributed by atoms with Gasteiger partial charge in [0.1, 0.15) is 5.54 Å². The first-order valence-electron chi connectivity index (χ1n) is 9.49. The van der Waals surface area contributed by atoms with Gasteiger partial charge in [-0.3, -0.25) is 19.7 Å². The number of likely N-dealkylation sites (tertiary alicyclic amines) is 1. The predicted molar refractivity (Wildman–Crippen MR) is 97.1 cm³/mol. The number of imide groups is 1. The van der Waals surface area contributed by atoms with Crippen molar-refractivity contribution >= 4 is 29.4 Å². The van der Waals surface area contributed by atoms with Gasteiger partial charge in [0.25, 0.3) is 5.91 Å². The van der Waals surface area contributed by atoms with Crippen molar-refractivity contribution < 1.29 is 32.3 Å². The molecule has 8 nitrogen and oxygen atoms in total. The Labute approximate surface area is 169 Å². The molecule has 0 saturated carbocycles. The summed E-state index contributed by atoms with van der Waals surface area (Å²) in [5.74, 6) is -1.78. The molecule has 11 heteroatoms. The Bertz CT molecular complexity index is 925. The number of piperidine rings is 1. The molecule has 3 fully saturated rings. The van der Waals surface area contributed by atoms with Crippen LogP contribution in [0.2, 0.25) is 0 Å². The fraction of sp³-hybridized carbons (Fsp3) is 0.474. The topological polar surface area (TPSA) is 98.8 Å². The van der Waals surface area contributed by atoms with Gasteiger partial charge >= 0.3 is 12.2 Å². The molecule has 3 aliphatic heterocycles. The number of carbonyl (C=O) groups is 4. The molecule has 4 rings (SSSR count). The molecule has 3 heterocycles. The van der Waals surface area contributed by atoms with Crippen LogP contribution in [0.1, 0.15) is 24.8 Å². The summed E-state index contributed by atoms with van der Waals surface area (Å²) in [7, 11) is 0. The number of amides is 5. The van der Waals surface area contributed by atoms with E-state index in [0.717, 1.165) is 12.1 Å². The van der Waals surface area contributed by atoms with Crippen LogP contribution in [0.4, 0.5) is 23.7 Å². The molecule has 0 radical (unpaired) electrons. The lowest BCUT2D eigenvalue weighted by atomic mass is 9.87. The maximum absolute atomic E-state index is 13.0. The van der Waals surface area contributed by atoms with Crippen molar-refractivity contribution in [1.29, 1.82) is 0 Å². The van der Waals surface area contributed by atoms with Gasteiger partial charge in [-0.05, 0) is 31.0 Å². The summed E-state index contributed by atoms with van der Waals surface area (Å²) in [6.45, 7) is 0.472. The molecule has 0 aliphatic carbocycles. The minimum absolute atomic E-state index is 0.00214. The Morgan fingerprint density at radius 1 is 1.13 bits per heavy atom. The lowest BCUT2D eigenvalue weighted by Crippen LogP contribution is -2.56. The molecule has 3 aliphatic rings. The van der Waals surface area contributed by atoms with Crippen molar-refractivity contribution in [3.05, 3.63) is 29.8 Å². The van der Waals surface area contributed by atoms with Crippen LogP contribution in [0, 0.1) is 5.92 Å².